The number of hydrogen-bond acceptors (Lipinski definition) is 4. The first-order valence-electron chi connectivity index (χ1n) is 12.4. The molecule has 1 aliphatic heterocycles. The minimum atomic E-state index is -0.816. The average molecular weight is 479 g/mol. The van der Waals surface area contributed by atoms with Gasteiger partial charge in [-0.15, -0.1) is 0 Å². The number of fused-ring (bicyclic) bond motifs is 3. The number of nitrogens with zero attached hydrogens (tertiary/aromatic N) is 1. The second-order valence-corrected chi connectivity index (χ2v) is 9.87. The average Bonchev–Trinajstić information content (AvgIpc) is 3.37. The number of benzene rings is 2. The van der Waals surface area contributed by atoms with Crippen molar-refractivity contribution in [1.82, 2.24) is 10.2 Å². The number of aliphatic carboxylic acids is 1. The number of carbonyl (C=O) groups excluding carboxylic acids is 2. The first-order valence-corrected chi connectivity index (χ1v) is 12.4. The summed E-state index contributed by atoms with van der Waals surface area (Å²) >= 11 is 0. The van der Waals surface area contributed by atoms with E-state index in [1.165, 1.54) is 22.3 Å². The summed E-state index contributed by atoms with van der Waals surface area (Å²) in [7, 11) is 0. The highest BCUT2D eigenvalue weighted by Crippen LogP contribution is 2.44. The molecular formula is C28H34N2O5. The van der Waals surface area contributed by atoms with Gasteiger partial charge in [0.2, 0.25) is 5.91 Å². The lowest BCUT2D eigenvalue weighted by molar-refractivity contribution is -0.139. The number of likely N-dealkylation sites (tertiary alicyclic amines) is 1. The maximum Gasteiger partial charge on any atom is 0.407 e. The van der Waals surface area contributed by atoms with Crippen molar-refractivity contribution in [3.05, 3.63) is 59.7 Å². The fourth-order valence-corrected chi connectivity index (χ4v) is 5.39. The predicted octanol–water partition coefficient (Wildman–Crippen LogP) is 4.51. The fourth-order valence-electron chi connectivity index (χ4n) is 5.39. The summed E-state index contributed by atoms with van der Waals surface area (Å²) in [6.45, 7) is 5.73. The molecule has 2 amide bonds. The van der Waals surface area contributed by atoms with Crippen LogP contribution in [0.4, 0.5) is 4.79 Å². The van der Waals surface area contributed by atoms with Crippen LogP contribution in [0.1, 0.15) is 50.2 Å². The molecule has 2 N–H and O–H groups in total. The molecule has 1 saturated heterocycles. The summed E-state index contributed by atoms with van der Waals surface area (Å²) in [5.41, 5.74) is 4.74. The van der Waals surface area contributed by atoms with Gasteiger partial charge in [0, 0.05) is 31.5 Å². The molecule has 7 nitrogen and oxygen atoms in total. The van der Waals surface area contributed by atoms with Gasteiger partial charge in [0.25, 0.3) is 0 Å². The lowest BCUT2D eigenvalue weighted by Gasteiger charge is -2.21. The molecule has 35 heavy (non-hydrogen) atoms. The van der Waals surface area contributed by atoms with E-state index in [-0.39, 0.29) is 42.6 Å². The van der Waals surface area contributed by atoms with E-state index in [2.05, 4.69) is 29.6 Å². The topological polar surface area (TPSA) is 95.9 Å². The molecule has 1 aliphatic carbocycles. The van der Waals surface area contributed by atoms with Crippen LogP contribution in [-0.4, -0.2) is 54.2 Å². The van der Waals surface area contributed by atoms with Gasteiger partial charge >= 0.3 is 12.1 Å². The zero-order chi connectivity index (χ0) is 24.9. The first-order chi connectivity index (χ1) is 16.8. The van der Waals surface area contributed by atoms with Crippen molar-refractivity contribution in [2.24, 2.45) is 17.8 Å². The van der Waals surface area contributed by atoms with Gasteiger partial charge < -0.3 is 20.1 Å². The number of carboxylic acids is 1. The van der Waals surface area contributed by atoms with Crippen molar-refractivity contribution < 1.29 is 24.2 Å². The van der Waals surface area contributed by atoms with Crippen molar-refractivity contribution in [2.45, 2.75) is 39.0 Å². The predicted molar refractivity (Wildman–Crippen MR) is 133 cm³/mol. The van der Waals surface area contributed by atoms with Crippen LogP contribution in [0.15, 0.2) is 48.5 Å². The van der Waals surface area contributed by atoms with Crippen LogP contribution in [0.25, 0.3) is 11.1 Å². The van der Waals surface area contributed by atoms with E-state index in [1.54, 1.807) is 4.90 Å². The Balaban J connectivity index is 1.19. The molecule has 7 heteroatoms. The van der Waals surface area contributed by atoms with Gasteiger partial charge in [-0.05, 0) is 46.9 Å². The second-order valence-electron chi connectivity index (χ2n) is 9.87. The van der Waals surface area contributed by atoms with E-state index >= 15 is 0 Å². The summed E-state index contributed by atoms with van der Waals surface area (Å²) < 4.78 is 5.56. The van der Waals surface area contributed by atoms with E-state index < -0.39 is 12.1 Å². The number of carboxylic acid groups (broad SMARTS) is 1. The normalized spacial score (nSPS) is 19.7. The van der Waals surface area contributed by atoms with Crippen LogP contribution in [0.2, 0.25) is 0 Å². The Morgan fingerprint density at radius 1 is 1.06 bits per heavy atom. The molecule has 0 aromatic heterocycles. The molecule has 0 radical (unpaired) electrons. The number of amides is 2. The highest BCUT2D eigenvalue weighted by Gasteiger charge is 2.35. The quantitative estimate of drug-likeness (QED) is 0.517. The molecule has 0 saturated carbocycles. The third-order valence-corrected chi connectivity index (χ3v) is 7.36. The molecular weight excluding hydrogens is 444 g/mol. The van der Waals surface area contributed by atoms with Crippen LogP contribution < -0.4 is 5.32 Å². The first kappa shape index (κ1) is 24.8. The van der Waals surface area contributed by atoms with Gasteiger partial charge in [0.15, 0.2) is 0 Å². The number of alkyl carbamates (subject to hydrolysis) is 1. The van der Waals surface area contributed by atoms with Gasteiger partial charge in [-0.2, -0.15) is 0 Å². The number of ether oxygens (including phenoxy) is 1. The third-order valence-electron chi connectivity index (χ3n) is 7.36. The van der Waals surface area contributed by atoms with Gasteiger partial charge in [0.05, 0.1) is 6.42 Å². The smallest absolute Gasteiger partial charge is 0.407 e. The minimum Gasteiger partial charge on any atom is -0.481 e. The Morgan fingerprint density at radius 3 is 2.31 bits per heavy atom. The molecule has 1 heterocycles. The fraction of sp³-hybridized carbons (Fsp3) is 0.464. The van der Waals surface area contributed by atoms with Gasteiger partial charge in [0.1, 0.15) is 6.61 Å². The molecule has 3 atom stereocenters. The molecule has 0 bridgehead atoms. The molecule has 1 fully saturated rings. The maximum absolute atomic E-state index is 12.8. The Bertz CT molecular complexity index is 1040. The Hall–Kier alpha value is -3.35. The zero-order valence-corrected chi connectivity index (χ0v) is 20.4. The van der Waals surface area contributed by atoms with Crippen LogP contribution in [0.5, 0.6) is 0 Å². The van der Waals surface area contributed by atoms with Crippen molar-refractivity contribution >= 4 is 18.0 Å². The Labute approximate surface area is 206 Å². The number of nitrogens with one attached hydrogen (secondary N) is 1. The molecule has 3 unspecified atom stereocenters. The van der Waals surface area contributed by atoms with E-state index in [0.29, 0.717) is 32.5 Å². The van der Waals surface area contributed by atoms with E-state index in [1.807, 2.05) is 38.1 Å². The SMILES string of the molecule is CC(CCCNC(=O)OCC1c2ccccc2-c2ccccc21)C(=O)N1CC(C)C(CC(=O)O)C1. The summed E-state index contributed by atoms with van der Waals surface area (Å²) in [5, 5.41) is 11.9. The molecule has 2 aromatic carbocycles. The standard InChI is InChI=1S/C28H34N2O5/c1-18(27(33)30-15-19(2)20(16-30)14-26(31)32)8-7-13-29-28(34)35-17-25-23-11-5-3-9-21(23)22-10-4-6-12-24(22)25/h3-6,9-12,18-20,25H,7-8,13-17H2,1-2H3,(H,29,34)(H,31,32). The van der Waals surface area contributed by atoms with Crippen LogP contribution >= 0.6 is 0 Å². The van der Waals surface area contributed by atoms with Gasteiger partial charge in [-0.25, -0.2) is 4.79 Å². The van der Waals surface area contributed by atoms with Crippen LogP contribution in [-0.2, 0) is 14.3 Å². The lowest BCUT2D eigenvalue weighted by Crippen LogP contribution is -2.34. The van der Waals surface area contributed by atoms with Crippen molar-refractivity contribution in [2.75, 3.05) is 26.2 Å². The van der Waals surface area contributed by atoms with Gasteiger partial charge in [-0.1, -0.05) is 62.4 Å². The molecule has 186 valence electrons. The monoisotopic (exact) mass is 478 g/mol. The molecule has 4 rings (SSSR count). The third kappa shape index (κ3) is 5.66. The minimum absolute atomic E-state index is 0.0129. The van der Waals surface area contributed by atoms with Crippen LogP contribution in [0.3, 0.4) is 0 Å². The number of carbonyl (C=O) groups is 3. The second kappa shape index (κ2) is 10.9. The summed E-state index contributed by atoms with van der Waals surface area (Å²) in [4.78, 5) is 37.9. The van der Waals surface area contributed by atoms with E-state index in [4.69, 9.17) is 9.84 Å². The van der Waals surface area contributed by atoms with E-state index in [9.17, 15) is 14.4 Å². The molecule has 0 spiro atoms. The van der Waals surface area contributed by atoms with E-state index in [0.717, 1.165) is 0 Å². The van der Waals surface area contributed by atoms with Crippen LogP contribution in [0, 0.1) is 17.8 Å². The largest absolute Gasteiger partial charge is 0.481 e. The summed E-state index contributed by atoms with van der Waals surface area (Å²) in [5.74, 6) is -0.695. The van der Waals surface area contributed by atoms with Crippen molar-refractivity contribution in [1.29, 1.82) is 0 Å². The molecule has 2 aromatic rings. The lowest BCUT2D eigenvalue weighted by atomic mass is 9.95. The van der Waals surface area contributed by atoms with Crippen molar-refractivity contribution in [3.8, 4) is 11.1 Å². The zero-order valence-electron chi connectivity index (χ0n) is 20.4. The van der Waals surface area contributed by atoms with Crippen molar-refractivity contribution in [3.63, 3.8) is 0 Å². The number of hydrogen-bond donors (Lipinski definition) is 2. The Kier molecular flexibility index (Phi) is 7.73. The molecule has 2 aliphatic rings. The summed E-state index contributed by atoms with van der Waals surface area (Å²) in [6.07, 6.45) is 0.968. The number of rotatable bonds is 9. The maximum atomic E-state index is 12.8. The summed E-state index contributed by atoms with van der Waals surface area (Å²) in [6, 6.07) is 16.4. The highest BCUT2D eigenvalue weighted by molar-refractivity contribution is 5.80. The van der Waals surface area contributed by atoms with Gasteiger partial charge in [-0.3, -0.25) is 9.59 Å². The highest BCUT2D eigenvalue weighted by atomic mass is 16.5. The Morgan fingerprint density at radius 2 is 1.69 bits per heavy atom.